The molecule has 0 aromatic heterocycles. The van der Waals surface area contributed by atoms with E-state index in [0.29, 0.717) is 23.9 Å². The molecule has 364 valence electrons. The Bertz CT molecular complexity index is 1150. The van der Waals surface area contributed by atoms with Crippen LogP contribution in [0.1, 0.15) is 232 Å². The lowest BCUT2D eigenvalue weighted by atomic mass is 10.0. The zero-order chi connectivity index (χ0) is 45.7. The maximum absolute atomic E-state index is 12.7. The number of hydrogen-bond donors (Lipinski definition) is 1. The topological polar surface area (TPSA) is 108 Å². The van der Waals surface area contributed by atoms with Gasteiger partial charge in [-0.2, -0.15) is 0 Å². The van der Waals surface area contributed by atoms with Crippen molar-refractivity contribution in [1.29, 1.82) is 0 Å². The summed E-state index contributed by atoms with van der Waals surface area (Å²) < 4.78 is 34.3. The van der Waals surface area contributed by atoms with Gasteiger partial charge >= 0.3 is 19.8 Å². The summed E-state index contributed by atoms with van der Waals surface area (Å²) >= 11 is 0. The highest BCUT2D eigenvalue weighted by Gasteiger charge is 2.27. The molecule has 10 heteroatoms. The maximum Gasteiger partial charge on any atom is 0.472 e. The normalized spacial score (nSPS) is 13.7. The average molecular weight is 897 g/mol. The van der Waals surface area contributed by atoms with Crippen LogP contribution in [0, 0.1) is 0 Å². The van der Waals surface area contributed by atoms with Crippen molar-refractivity contribution in [3.05, 3.63) is 36.5 Å². The zero-order valence-corrected chi connectivity index (χ0v) is 42.0. The Kier molecular flexibility index (Phi) is 43.2. The Hall–Kier alpha value is -1.77. The van der Waals surface area contributed by atoms with Crippen LogP contribution in [0.25, 0.3) is 0 Å². The number of phosphoric ester groups is 1. The molecule has 0 radical (unpaired) electrons. The van der Waals surface area contributed by atoms with E-state index >= 15 is 0 Å². The highest BCUT2D eigenvalue weighted by Crippen LogP contribution is 2.43. The number of unbranched alkanes of at least 4 members (excludes halogenated alkanes) is 27. The quantitative estimate of drug-likeness (QED) is 0.0212. The SMILES string of the molecule is CCCCCCCCCCCCC/C=C/CCC(=O)OC[C@H](COP(=O)(O)OCC[N+](C)(C)C)OC(=O)CCC/C=C/CC/C=C/CCCCCCCCCCCCCCCC. The predicted octanol–water partition coefficient (Wildman–Crippen LogP) is 15.3. The number of hydrogen-bond acceptors (Lipinski definition) is 7. The molecule has 0 aromatic rings. The highest BCUT2D eigenvalue weighted by molar-refractivity contribution is 7.47. The molecule has 0 saturated heterocycles. The van der Waals surface area contributed by atoms with Crippen LogP contribution >= 0.6 is 7.82 Å². The van der Waals surface area contributed by atoms with E-state index < -0.39 is 32.5 Å². The van der Waals surface area contributed by atoms with E-state index in [0.717, 1.165) is 38.5 Å². The number of esters is 2. The number of nitrogens with zero attached hydrogens (tertiary/aromatic N) is 1. The van der Waals surface area contributed by atoms with Crippen LogP contribution in [0.4, 0.5) is 0 Å². The number of carbonyl (C=O) groups excluding carboxylic acids is 2. The summed E-state index contributed by atoms with van der Waals surface area (Å²) in [5.41, 5.74) is 0. The first kappa shape index (κ1) is 60.2. The van der Waals surface area contributed by atoms with Crippen molar-refractivity contribution in [2.75, 3.05) is 47.5 Å². The van der Waals surface area contributed by atoms with E-state index in [1.807, 2.05) is 27.2 Å². The number of ether oxygens (including phenoxy) is 2. The van der Waals surface area contributed by atoms with Crippen LogP contribution in [0.15, 0.2) is 36.5 Å². The van der Waals surface area contributed by atoms with Crippen LogP contribution in [0.5, 0.6) is 0 Å². The fourth-order valence-electron chi connectivity index (χ4n) is 7.11. The van der Waals surface area contributed by atoms with Crippen molar-refractivity contribution < 1.29 is 42.1 Å². The predicted molar refractivity (Wildman–Crippen MR) is 261 cm³/mol. The maximum atomic E-state index is 12.7. The fourth-order valence-corrected chi connectivity index (χ4v) is 7.85. The summed E-state index contributed by atoms with van der Waals surface area (Å²) in [4.78, 5) is 35.4. The summed E-state index contributed by atoms with van der Waals surface area (Å²) in [6.07, 6.45) is 52.3. The molecule has 0 saturated carbocycles. The third-order valence-corrected chi connectivity index (χ3v) is 12.1. The van der Waals surface area contributed by atoms with E-state index in [1.54, 1.807) is 0 Å². The smallest absolute Gasteiger partial charge is 0.462 e. The van der Waals surface area contributed by atoms with Gasteiger partial charge in [0.25, 0.3) is 0 Å². The molecule has 1 unspecified atom stereocenters. The molecule has 0 amide bonds. The fraction of sp³-hybridized carbons (Fsp3) is 0.846. The van der Waals surface area contributed by atoms with Gasteiger partial charge in [0.15, 0.2) is 6.10 Å². The number of allylic oxidation sites excluding steroid dienone is 6. The first-order valence-electron chi connectivity index (χ1n) is 25.7. The van der Waals surface area contributed by atoms with Gasteiger partial charge < -0.3 is 18.9 Å². The lowest BCUT2D eigenvalue weighted by molar-refractivity contribution is -0.870. The first-order chi connectivity index (χ1) is 30.0. The van der Waals surface area contributed by atoms with E-state index in [1.165, 1.54) is 154 Å². The molecule has 0 fully saturated rings. The lowest BCUT2D eigenvalue weighted by Gasteiger charge is -2.24. The van der Waals surface area contributed by atoms with Crippen molar-refractivity contribution in [2.24, 2.45) is 0 Å². The van der Waals surface area contributed by atoms with Crippen molar-refractivity contribution in [3.63, 3.8) is 0 Å². The van der Waals surface area contributed by atoms with Gasteiger partial charge in [-0.3, -0.25) is 18.6 Å². The molecule has 0 aromatic carbocycles. The number of phosphoric acid groups is 1. The van der Waals surface area contributed by atoms with E-state index in [4.69, 9.17) is 18.5 Å². The van der Waals surface area contributed by atoms with Gasteiger partial charge in [-0.1, -0.05) is 198 Å². The minimum atomic E-state index is -4.40. The van der Waals surface area contributed by atoms with E-state index in [-0.39, 0.29) is 26.1 Å². The Morgan fingerprint density at radius 2 is 0.871 bits per heavy atom. The van der Waals surface area contributed by atoms with Crippen LogP contribution in [-0.2, 0) is 32.7 Å². The number of rotatable bonds is 47. The molecule has 0 aliphatic carbocycles. The molecular formula is C52H99NO8P+. The number of carbonyl (C=O) groups is 2. The summed E-state index contributed by atoms with van der Waals surface area (Å²) in [5, 5.41) is 0. The molecule has 9 nitrogen and oxygen atoms in total. The Morgan fingerprint density at radius 3 is 1.31 bits per heavy atom. The van der Waals surface area contributed by atoms with Crippen LogP contribution < -0.4 is 0 Å². The Morgan fingerprint density at radius 1 is 0.484 bits per heavy atom. The molecule has 0 aliphatic rings. The second kappa shape index (κ2) is 44.4. The van der Waals surface area contributed by atoms with Gasteiger partial charge in [0, 0.05) is 12.8 Å². The van der Waals surface area contributed by atoms with Gasteiger partial charge in [0.05, 0.1) is 27.7 Å². The van der Waals surface area contributed by atoms with E-state index in [9.17, 15) is 19.0 Å². The second-order valence-electron chi connectivity index (χ2n) is 18.5. The van der Waals surface area contributed by atoms with E-state index in [2.05, 4.69) is 44.2 Å². The third kappa shape index (κ3) is 47.7. The molecular weight excluding hydrogens is 798 g/mol. The highest BCUT2D eigenvalue weighted by atomic mass is 31.2. The molecule has 0 spiro atoms. The summed E-state index contributed by atoms with van der Waals surface area (Å²) in [6.45, 7) is 4.37. The van der Waals surface area contributed by atoms with Crippen molar-refractivity contribution in [3.8, 4) is 0 Å². The molecule has 62 heavy (non-hydrogen) atoms. The number of quaternary nitrogens is 1. The molecule has 0 rings (SSSR count). The lowest BCUT2D eigenvalue weighted by Crippen LogP contribution is -2.37. The third-order valence-electron chi connectivity index (χ3n) is 11.1. The minimum absolute atomic E-state index is 0.0207. The largest absolute Gasteiger partial charge is 0.472 e. The summed E-state index contributed by atoms with van der Waals surface area (Å²) in [6, 6.07) is 0. The van der Waals surface area contributed by atoms with Gasteiger partial charge in [0.2, 0.25) is 0 Å². The molecule has 2 atom stereocenters. The van der Waals surface area contributed by atoms with Crippen molar-refractivity contribution in [2.45, 2.75) is 238 Å². The minimum Gasteiger partial charge on any atom is -0.462 e. The Labute approximate surface area is 382 Å². The van der Waals surface area contributed by atoms with Gasteiger partial charge in [-0.25, -0.2) is 4.57 Å². The Balaban J connectivity index is 4.31. The van der Waals surface area contributed by atoms with Crippen LogP contribution in [0.3, 0.4) is 0 Å². The van der Waals surface area contributed by atoms with Crippen molar-refractivity contribution in [1.82, 2.24) is 0 Å². The van der Waals surface area contributed by atoms with Crippen LogP contribution in [0.2, 0.25) is 0 Å². The van der Waals surface area contributed by atoms with Gasteiger partial charge in [-0.15, -0.1) is 0 Å². The molecule has 0 aliphatic heterocycles. The molecule has 1 N–H and O–H groups in total. The second-order valence-corrected chi connectivity index (χ2v) is 20.0. The van der Waals surface area contributed by atoms with Gasteiger partial charge in [-0.05, 0) is 57.8 Å². The molecule has 0 bridgehead atoms. The average Bonchev–Trinajstić information content (AvgIpc) is 3.23. The van der Waals surface area contributed by atoms with Crippen LogP contribution in [-0.4, -0.2) is 74.9 Å². The monoisotopic (exact) mass is 897 g/mol. The zero-order valence-electron chi connectivity index (χ0n) is 41.1. The standard InChI is InChI=1S/C52H98NO8P/c1-6-8-10-12-14-16-18-20-22-23-24-25-26-27-28-29-31-33-35-37-39-41-43-45-52(55)61-50(49-60-62(56,57)59-47-46-53(3,4)5)48-58-51(54)44-42-40-38-36-34-32-30-21-19-17-15-13-11-9-7-2/h29,31,37-40,50H,6-28,30,32-36,41-49H2,1-5H3/p+1/b31-29+,39-37+,40-38+/t50-/m1/s1. The first-order valence-corrected chi connectivity index (χ1v) is 27.2. The summed E-state index contributed by atoms with van der Waals surface area (Å²) in [5.74, 6) is -0.898. The molecule has 0 heterocycles. The summed E-state index contributed by atoms with van der Waals surface area (Å²) in [7, 11) is 1.44. The van der Waals surface area contributed by atoms with Crippen molar-refractivity contribution >= 4 is 19.8 Å². The van der Waals surface area contributed by atoms with Gasteiger partial charge in [0.1, 0.15) is 19.8 Å². The number of likely N-dealkylation sites (N-methyl/N-ethyl adjacent to an activating group) is 1.